The molecule has 0 aromatic heterocycles. The van der Waals surface area contributed by atoms with Crippen molar-refractivity contribution >= 4 is 40.8 Å². The molecule has 0 spiro atoms. The highest BCUT2D eigenvalue weighted by molar-refractivity contribution is 6.31. The molecule has 2 aromatic rings. The Bertz CT molecular complexity index is 978. The molecule has 0 aliphatic carbocycles. The fourth-order valence-corrected chi connectivity index (χ4v) is 3.86. The number of carbonyl (C=O) groups is 3. The smallest absolute Gasteiger partial charge is 0.338 e. The molecule has 0 saturated carbocycles. The van der Waals surface area contributed by atoms with Crippen LogP contribution in [0.2, 0.25) is 5.02 Å². The zero-order valence-electron chi connectivity index (χ0n) is 15.6. The van der Waals surface area contributed by atoms with E-state index in [1.165, 1.54) is 0 Å². The van der Waals surface area contributed by atoms with Gasteiger partial charge in [0.1, 0.15) is 6.04 Å². The van der Waals surface area contributed by atoms with Crippen molar-refractivity contribution in [1.29, 1.82) is 0 Å². The number of esters is 1. The number of halogens is 1. The summed E-state index contributed by atoms with van der Waals surface area (Å²) >= 11 is 6.05. The Kier molecular flexibility index (Phi) is 5.40. The Morgan fingerprint density at radius 3 is 2.90 bits per heavy atom. The van der Waals surface area contributed by atoms with Crippen LogP contribution >= 0.6 is 11.6 Å². The monoisotopic (exact) mass is 413 g/mol. The Hall–Kier alpha value is -3.06. The molecule has 0 radical (unpaired) electrons. The number of hydrogen-bond donors (Lipinski definition) is 2. The van der Waals surface area contributed by atoms with Gasteiger partial charge in [-0.2, -0.15) is 0 Å². The molecule has 2 amide bonds. The number of carbonyl (C=O) groups excluding carboxylic acids is 3. The maximum Gasteiger partial charge on any atom is 0.338 e. The predicted molar refractivity (Wildman–Crippen MR) is 109 cm³/mol. The molecule has 2 aliphatic rings. The number of hydrogen-bond acceptors (Lipinski definition) is 5. The van der Waals surface area contributed by atoms with Gasteiger partial charge in [0, 0.05) is 18.1 Å². The molecule has 0 bridgehead atoms. The normalized spacial score (nSPS) is 17.2. The summed E-state index contributed by atoms with van der Waals surface area (Å²) in [6, 6.07) is 12.1. The molecule has 29 heavy (non-hydrogen) atoms. The lowest BCUT2D eigenvalue weighted by atomic mass is 10.1. The molecule has 4 rings (SSSR count). The zero-order valence-corrected chi connectivity index (χ0v) is 16.4. The van der Waals surface area contributed by atoms with E-state index in [4.69, 9.17) is 16.3 Å². The third-order valence-corrected chi connectivity index (χ3v) is 5.49. The standard InChI is InChI=1S/C21H20ClN3O4/c22-15-5-2-1-4-14(15)11-23-19(26)12-29-21(28)13-7-8-17-16(10-13)24-20(27)18-6-3-9-25(17)18/h1-2,4-5,7-8,10,18H,3,6,9,11-12H2,(H,23,26)(H,24,27)/t18-/m1/s1. The average Bonchev–Trinajstić information content (AvgIpc) is 3.22. The summed E-state index contributed by atoms with van der Waals surface area (Å²) in [5.41, 5.74) is 2.55. The van der Waals surface area contributed by atoms with Crippen molar-refractivity contribution in [3.05, 3.63) is 58.6 Å². The number of fused-ring (bicyclic) bond motifs is 3. The van der Waals surface area contributed by atoms with E-state index < -0.39 is 18.5 Å². The minimum atomic E-state index is -0.626. The summed E-state index contributed by atoms with van der Waals surface area (Å²) in [6.45, 7) is 0.666. The molecule has 0 unspecified atom stereocenters. The molecule has 1 saturated heterocycles. The Balaban J connectivity index is 1.34. The number of ether oxygens (including phenoxy) is 1. The fourth-order valence-electron chi connectivity index (χ4n) is 3.66. The van der Waals surface area contributed by atoms with Crippen LogP contribution in [-0.2, 0) is 20.9 Å². The zero-order chi connectivity index (χ0) is 20.4. The number of anilines is 2. The van der Waals surface area contributed by atoms with E-state index >= 15 is 0 Å². The van der Waals surface area contributed by atoms with Gasteiger partial charge in [0.05, 0.1) is 16.9 Å². The summed E-state index contributed by atoms with van der Waals surface area (Å²) in [4.78, 5) is 38.6. The van der Waals surface area contributed by atoms with E-state index in [-0.39, 0.29) is 24.1 Å². The van der Waals surface area contributed by atoms with Crippen LogP contribution in [0.25, 0.3) is 0 Å². The molecule has 2 aromatic carbocycles. The van der Waals surface area contributed by atoms with Gasteiger partial charge >= 0.3 is 5.97 Å². The van der Waals surface area contributed by atoms with Crippen molar-refractivity contribution in [2.75, 3.05) is 23.4 Å². The van der Waals surface area contributed by atoms with E-state index in [1.807, 2.05) is 6.07 Å². The van der Waals surface area contributed by atoms with Gasteiger partial charge in [0.2, 0.25) is 5.91 Å². The summed E-state index contributed by atoms with van der Waals surface area (Å²) < 4.78 is 5.10. The minimum absolute atomic E-state index is 0.0560. The highest BCUT2D eigenvalue weighted by atomic mass is 35.5. The second-order valence-electron chi connectivity index (χ2n) is 7.02. The van der Waals surface area contributed by atoms with Gasteiger partial charge in [-0.1, -0.05) is 29.8 Å². The van der Waals surface area contributed by atoms with Gasteiger partial charge < -0.3 is 20.3 Å². The van der Waals surface area contributed by atoms with Crippen molar-refractivity contribution in [1.82, 2.24) is 5.32 Å². The lowest BCUT2D eigenvalue weighted by molar-refractivity contribution is -0.124. The summed E-state index contributed by atoms with van der Waals surface area (Å²) in [5, 5.41) is 6.07. The van der Waals surface area contributed by atoms with E-state index in [9.17, 15) is 14.4 Å². The van der Waals surface area contributed by atoms with Gasteiger partial charge in [0.15, 0.2) is 6.61 Å². The third-order valence-electron chi connectivity index (χ3n) is 5.12. The highest BCUT2D eigenvalue weighted by Gasteiger charge is 2.36. The van der Waals surface area contributed by atoms with Crippen LogP contribution in [0, 0.1) is 0 Å². The van der Waals surface area contributed by atoms with Crippen molar-refractivity contribution in [3.63, 3.8) is 0 Å². The number of rotatable bonds is 5. The molecule has 150 valence electrons. The van der Waals surface area contributed by atoms with Gasteiger partial charge in [-0.3, -0.25) is 9.59 Å². The van der Waals surface area contributed by atoms with Crippen LogP contribution in [0.5, 0.6) is 0 Å². The van der Waals surface area contributed by atoms with E-state index in [0.717, 1.165) is 30.6 Å². The fraction of sp³-hybridized carbons (Fsp3) is 0.286. The van der Waals surface area contributed by atoms with Gasteiger partial charge in [0.25, 0.3) is 5.91 Å². The average molecular weight is 414 g/mol. The summed E-state index contributed by atoms with van der Waals surface area (Å²) in [6.07, 6.45) is 1.79. The van der Waals surface area contributed by atoms with Crippen molar-refractivity contribution in [2.45, 2.75) is 25.4 Å². The molecular weight excluding hydrogens is 394 g/mol. The molecule has 2 heterocycles. The van der Waals surface area contributed by atoms with Crippen LogP contribution in [0.1, 0.15) is 28.8 Å². The Labute approximate surface area is 173 Å². The van der Waals surface area contributed by atoms with Crippen LogP contribution < -0.4 is 15.5 Å². The number of nitrogens with one attached hydrogen (secondary N) is 2. The molecule has 1 atom stereocenters. The molecular formula is C21H20ClN3O4. The van der Waals surface area contributed by atoms with Crippen LogP contribution in [0.3, 0.4) is 0 Å². The van der Waals surface area contributed by atoms with E-state index in [0.29, 0.717) is 10.7 Å². The first kappa shape index (κ1) is 19.3. The lowest BCUT2D eigenvalue weighted by Crippen LogP contribution is -2.43. The molecule has 2 aliphatic heterocycles. The molecule has 7 nitrogen and oxygen atoms in total. The molecule has 1 fully saturated rings. The van der Waals surface area contributed by atoms with Gasteiger partial charge in [-0.25, -0.2) is 4.79 Å². The van der Waals surface area contributed by atoms with E-state index in [2.05, 4.69) is 15.5 Å². The largest absolute Gasteiger partial charge is 0.452 e. The van der Waals surface area contributed by atoms with Gasteiger partial charge in [-0.15, -0.1) is 0 Å². The SMILES string of the molecule is O=C(COC(=O)c1ccc2c(c1)NC(=O)[C@H]1CCCN21)NCc1ccccc1Cl. The first-order valence-electron chi connectivity index (χ1n) is 9.42. The summed E-state index contributed by atoms with van der Waals surface area (Å²) in [5.74, 6) is -1.11. The first-order chi connectivity index (χ1) is 14.0. The van der Waals surface area contributed by atoms with Crippen LogP contribution in [0.15, 0.2) is 42.5 Å². The van der Waals surface area contributed by atoms with Crippen LogP contribution in [-0.4, -0.2) is 37.0 Å². The van der Waals surface area contributed by atoms with Gasteiger partial charge in [-0.05, 0) is 42.7 Å². The third kappa shape index (κ3) is 4.05. The Morgan fingerprint density at radius 1 is 1.24 bits per heavy atom. The maximum atomic E-state index is 12.3. The van der Waals surface area contributed by atoms with Crippen LogP contribution in [0.4, 0.5) is 11.4 Å². The number of benzene rings is 2. The second kappa shape index (κ2) is 8.13. The predicted octanol–water partition coefficient (Wildman–Crippen LogP) is 2.73. The first-order valence-corrected chi connectivity index (χ1v) is 9.79. The van der Waals surface area contributed by atoms with E-state index in [1.54, 1.807) is 36.4 Å². The molecule has 2 N–H and O–H groups in total. The highest BCUT2D eigenvalue weighted by Crippen LogP contribution is 2.37. The quantitative estimate of drug-likeness (QED) is 0.736. The second-order valence-corrected chi connectivity index (χ2v) is 7.42. The Morgan fingerprint density at radius 2 is 2.07 bits per heavy atom. The van der Waals surface area contributed by atoms with Crippen molar-refractivity contribution in [2.24, 2.45) is 0 Å². The van der Waals surface area contributed by atoms with Crippen molar-refractivity contribution in [3.8, 4) is 0 Å². The van der Waals surface area contributed by atoms with Crippen molar-refractivity contribution < 1.29 is 19.1 Å². The number of amides is 2. The lowest BCUT2D eigenvalue weighted by Gasteiger charge is -2.33. The topological polar surface area (TPSA) is 87.7 Å². The molecule has 8 heteroatoms. The summed E-state index contributed by atoms with van der Waals surface area (Å²) in [7, 11) is 0. The number of nitrogens with zero attached hydrogens (tertiary/aromatic N) is 1. The minimum Gasteiger partial charge on any atom is -0.452 e. The maximum absolute atomic E-state index is 12.3.